The van der Waals surface area contributed by atoms with Crippen LogP contribution in [0, 0.1) is 16.7 Å². The first-order valence-corrected chi connectivity index (χ1v) is 7.22. The maximum atomic E-state index is 12.6. The molecule has 0 unspecified atom stereocenters. The summed E-state index contributed by atoms with van der Waals surface area (Å²) in [6.07, 6.45) is 2.43. The second-order valence-corrected chi connectivity index (χ2v) is 6.19. The van der Waals surface area contributed by atoms with Gasteiger partial charge in [-0.2, -0.15) is 5.26 Å². The van der Waals surface area contributed by atoms with Crippen molar-refractivity contribution in [2.45, 2.75) is 45.7 Å². The van der Waals surface area contributed by atoms with Crippen molar-refractivity contribution in [3.8, 4) is 6.07 Å². The van der Waals surface area contributed by atoms with E-state index in [0.29, 0.717) is 6.54 Å². The van der Waals surface area contributed by atoms with Crippen LogP contribution >= 0.6 is 11.3 Å². The van der Waals surface area contributed by atoms with E-state index in [1.54, 1.807) is 11.3 Å². The third-order valence-electron chi connectivity index (χ3n) is 3.62. The van der Waals surface area contributed by atoms with Gasteiger partial charge in [-0.25, -0.2) is 0 Å². The number of hydrogen-bond acceptors (Lipinski definition) is 3. The lowest BCUT2D eigenvalue weighted by molar-refractivity contribution is -0.145. The van der Waals surface area contributed by atoms with Gasteiger partial charge in [-0.3, -0.25) is 4.79 Å². The average Bonchev–Trinajstić information content (AvgIpc) is 2.77. The quantitative estimate of drug-likeness (QED) is 0.836. The molecule has 0 aromatic carbocycles. The number of rotatable bonds is 4. The van der Waals surface area contributed by atoms with Crippen LogP contribution in [-0.4, -0.2) is 16.8 Å². The summed E-state index contributed by atoms with van der Waals surface area (Å²) in [6.45, 7) is 4.64. The van der Waals surface area contributed by atoms with Gasteiger partial charge in [0.2, 0.25) is 5.91 Å². The van der Waals surface area contributed by atoms with Gasteiger partial charge < -0.3 is 4.90 Å². The van der Waals surface area contributed by atoms with Crippen LogP contribution in [0.15, 0.2) is 17.5 Å². The molecule has 1 fully saturated rings. The van der Waals surface area contributed by atoms with Crippen LogP contribution in [0.4, 0.5) is 0 Å². The summed E-state index contributed by atoms with van der Waals surface area (Å²) in [5.41, 5.74) is -0.735. The fourth-order valence-corrected chi connectivity index (χ4v) is 2.94. The van der Waals surface area contributed by atoms with Crippen LogP contribution < -0.4 is 0 Å². The van der Waals surface area contributed by atoms with Gasteiger partial charge in [0.1, 0.15) is 5.41 Å². The standard InChI is InChI=1S/C14H18N2OS/c1-11(2)16(9-12-5-3-8-18-12)13(17)14(10-15)6-4-7-14/h3,5,8,11H,4,6-7,9H2,1-2H3. The molecule has 18 heavy (non-hydrogen) atoms. The number of nitriles is 1. The third kappa shape index (κ3) is 2.28. The second kappa shape index (κ2) is 5.11. The fraction of sp³-hybridized carbons (Fsp3) is 0.571. The minimum atomic E-state index is -0.735. The molecule has 4 heteroatoms. The van der Waals surface area contributed by atoms with E-state index in [4.69, 9.17) is 0 Å². The summed E-state index contributed by atoms with van der Waals surface area (Å²) in [7, 11) is 0. The predicted molar refractivity (Wildman–Crippen MR) is 71.9 cm³/mol. The lowest BCUT2D eigenvalue weighted by atomic mass is 9.69. The Hall–Kier alpha value is -1.34. The van der Waals surface area contributed by atoms with Crippen molar-refractivity contribution in [3.63, 3.8) is 0 Å². The van der Waals surface area contributed by atoms with Crippen molar-refractivity contribution in [1.82, 2.24) is 4.90 Å². The first-order chi connectivity index (χ1) is 8.59. The Kier molecular flexibility index (Phi) is 3.72. The van der Waals surface area contributed by atoms with E-state index < -0.39 is 5.41 Å². The van der Waals surface area contributed by atoms with Crippen molar-refractivity contribution in [2.75, 3.05) is 0 Å². The van der Waals surface area contributed by atoms with Gasteiger partial charge >= 0.3 is 0 Å². The fourth-order valence-electron chi connectivity index (χ4n) is 2.24. The van der Waals surface area contributed by atoms with Gasteiger partial charge in [0, 0.05) is 10.9 Å². The van der Waals surface area contributed by atoms with Gasteiger partial charge in [-0.1, -0.05) is 6.07 Å². The molecule has 1 saturated carbocycles. The van der Waals surface area contributed by atoms with Crippen molar-refractivity contribution < 1.29 is 4.79 Å². The third-order valence-corrected chi connectivity index (χ3v) is 4.48. The zero-order chi connectivity index (χ0) is 13.2. The largest absolute Gasteiger partial charge is 0.334 e. The second-order valence-electron chi connectivity index (χ2n) is 5.15. The highest BCUT2D eigenvalue weighted by Gasteiger charge is 2.47. The van der Waals surface area contributed by atoms with E-state index in [9.17, 15) is 10.1 Å². The SMILES string of the molecule is CC(C)N(Cc1cccs1)C(=O)C1(C#N)CCC1. The van der Waals surface area contributed by atoms with Crippen molar-refractivity contribution in [3.05, 3.63) is 22.4 Å². The molecule has 1 aromatic heterocycles. The Bertz CT molecular complexity index is 455. The van der Waals surface area contributed by atoms with Gasteiger partial charge in [0.15, 0.2) is 0 Å². The molecule has 1 aliphatic rings. The normalized spacial score (nSPS) is 17.0. The number of amides is 1. The highest BCUT2D eigenvalue weighted by atomic mass is 32.1. The summed E-state index contributed by atoms with van der Waals surface area (Å²) in [4.78, 5) is 15.6. The molecule has 0 atom stereocenters. The molecule has 1 amide bonds. The maximum absolute atomic E-state index is 12.6. The Morgan fingerprint density at radius 2 is 2.33 bits per heavy atom. The summed E-state index contributed by atoms with van der Waals surface area (Å²) in [5.74, 6) is 0.0136. The molecule has 0 bridgehead atoms. The molecule has 1 heterocycles. The van der Waals surface area contributed by atoms with Crippen LogP contribution in [0.5, 0.6) is 0 Å². The molecule has 1 aromatic rings. The highest BCUT2D eigenvalue weighted by molar-refractivity contribution is 7.09. The summed E-state index contributed by atoms with van der Waals surface area (Å²) >= 11 is 1.65. The zero-order valence-electron chi connectivity index (χ0n) is 10.8. The molecule has 0 spiro atoms. The minimum absolute atomic E-state index is 0.0136. The lowest BCUT2D eigenvalue weighted by Crippen LogP contribution is -2.49. The van der Waals surface area contributed by atoms with Crippen LogP contribution in [0.3, 0.4) is 0 Å². The summed E-state index contributed by atoms with van der Waals surface area (Å²) in [5, 5.41) is 11.3. The molecular formula is C14H18N2OS. The number of carbonyl (C=O) groups is 1. The molecule has 0 N–H and O–H groups in total. The van der Waals surface area contributed by atoms with Crippen LogP contribution in [-0.2, 0) is 11.3 Å². The van der Waals surface area contributed by atoms with Crippen LogP contribution in [0.2, 0.25) is 0 Å². The van der Waals surface area contributed by atoms with Crippen molar-refractivity contribution >= 4 is 17.2 Å². The molecular weight excluding hydrogens is 244 g/mol. The Balaban J connectivity index is 2.15. The van der Waals surface area contributed by atoms with Gasteiger partial charge in [0.05, 0.1) is 12.6 Å². The van der Waals surface area contributed by atoms with E-state index >= 15 is 0 Å². The molecule has 0 saturated heterocycles. The molecule has 0 aliphatic heterocycles. The van der Waals surface area contributed by atoms with Crippen LogP contribution in [0.25, 0.3) is 0 Å². The zero-order valence-corrected chi connectivity index (χ0v) is 11.7. The number of carbonyl (C=O) groups excluding carboxylic acids is 1. The van der Waals surface area contributed by atoms with Crippen molar-refractivity contribution in [2.24, 2.45) is 5.41 Å². The Morgan fingerprint density at radius 3 is 2.72 bits per heavy atom. The monoisotopic (exact) mass is 262 g/mol. The van der Waals surface area contributed by atoms with Crippen LogP contribution in [0.1, 0.15) is 38.0 Å². The topological polar surface area (TPSA) is 44.1 Å². The minimum Gasteiger partial charge on any atom is -0.334 e. The summed E-state index contributed by atoms with van der Waals surface area (Å²) < 4.78 is 0. The molecule has 96 valence electrons. The van der Waals surface area contributed by atoms with Gasteiger partial charge in [-0.05, 0) is 44.6 Å². The van der Waals surface area contributed by atoms with E-state index in [2.05, 4.69) is 6.07 Å². The predicted octanol–water partition coefficient (Wildman–Crippen LogP) is 3.18. The number of nitrogens with zero attached hydrogens (tertiary/aromatic N) is 2. The summed E-state index contributed by atoms with van der Waals surface area (Å²) in [6, 6.07) is 6.40. The first kappa shape index (κ1) is 13.1. The Morgan fingerprint density at radius 1 is 1.61 bits per heavy atom. The van der Waals surface area contributed by atoms with E-state index in [-0.39, 0.29) is 11.9 Å². The van der Waals surface area contributed by atoms with E-state index in [1.165, 1.54) is 4.88 Å². The Labute approximate surface area is 112 Å². The number of thiophene rings is 1. The average molecular weight is 262 g/mol. The van der Waals surface area contributed by atoms with E-state index in [0.717, 1.165) is 19.3 Å². The lowest BCUT2D eigenvalue weighted by Gasteiger charge is -2.39. The molecule has 0 radical (unpaired) electrons. The van der Waals surface area contributed by atoms with Gasteiger partial charge in [-0.15, -0.1) is 11.3 Å². The molecule has 1 aliphatic carbocycles. The van der Waals surface area contributed by atoms with E-state index in [1.807, 2.05) is 36.3 Å². The van der Waals surface area contributed by atoms with Gasteiger partial charge in [0.25, 0.3) is 0 Å². The maximum Gasteiger partial charge on any atom is 0.243 e. The molecule has 2 rings (SSSR count). The first-order valence-electron chi connectivity index (χ1n) is 6.34. The van der Waals surface area contributed by atoms with Crippen molar-refractivity contribution in [1.29, 1.82) is 5.26 Å². The smallest absolute Gasteiger partial charge is 0.243 e. The highest BCUT2D eigenvalue weighted by Crippen LogP contribution is 2.42. The molecule has 3 nitrogen and oxygen atoms in total. The number of hydrogen-bond donors (Lipinski definition) is 0.